The van der Waals surface area contributed by atoms with Crippen molar-refractivity contribution in [3.8, 4) is 0 Å². The van der Waals surface area contributed by atoms with Crippen LogP contribution in [0.5, 0.6) is 0 Å². The molecule has 22 heavy (non-hydrogen) atoms. The van der Waals surface area contributed by atoms with Gasteiger partial charge in [0, 0.05) is 13.3 Å². The van der Waals surface area contributed by atoms with Crippen LogP contribution in [-0.2, 0) is 9.53 Å². The Labute approximate surface area is 139 Å². The summed E-state index contributed by atoms with van der Waals surface area (Å²) in [5.41, 5.74) is 0. The van der Waals surface area contributed by atoms with Crippen molar-refractivity contribution in [3.63, 3.8) is 0 Å². The van der Waals surface area contributed by atoms with Crippen LogP contribution >= 0.6 is 7.26 Å². The second kappa shape index (κ2) is 14.2. The summed E-state index contributed by atoms with van der Waals surface area (Å²) >= 11 is 0. The number of ether oxygens (including phenoxy) is 1. The van der Waals surface area contributed by atoms with Gasteiger partial charge in [0.1, 0.15) is 0 Å². The largest absolute Gasteiger partial charge is 0.463 e. The summed E-state index contributed by atoms with van der Waals surface area (Å²) in [6.45, 7) is 10.9. The highest BCUT2D eigenvalue weighted by Gasteiger charge is 2.34. The van der Waals surface area contributed by atoms with Gasteiger partial charge in [0.2, 0.25) is 0 Å². The highest BCUT2D eigenvalue weighted by atomic mass is 31.2. The Morgan fingerprint density at radius 2 is 1.32 bits per heavy atom. The van der Waals surface area contributed by atoms with Crippen LogP contribution in [0.1, 0.15) is 72.1 Å². The Kier molecular flexibility index (Phi) is 14.0. The van der Waals surface area contributed by atoms with Crippen molar-refractivity contribution in [2.24, 2.45) is 0 Å². The molecule has 0 bridgehead atoms. The lowest BCUT2D eigenvalue weighted by Crippen LogP contribution is -2.13. The fourth-order valence-electron chi connectivity index (χ4n) is 2.93. The molecule has 0 spiro atoms. The second-order valence-electron chi connectivity index (χ2n) is 6.38. The van der Waals surface area contributed by atoms with Gasteiger partial charge in [-0.2, -0.15) is 0 Å². The molecule has 0 radical (unpaired) electrons. The third-order valence-corrected chi connectivity index (χ3v) is 9.46. The lowest BCUT2D eigenvalue weighted by atomic mass is 10.3. The van der Waals surface area contributed by atoms with E-state index in [1.165, 1.54) is 75.7 Å². The molecule has 0 aliphatic rings. The first-order valence-corrected chi connectivity index (χ1v) is 11.8. The predicted octanol–water partition coefficient (Wildman–Crippen LogP) is 5.91. The molecule has 130 valence electrons. The van der Waals surface area contributed by atoms with Gasteiger partial charge < -0.3 is 4.74 Å². The molecule has 0 saturated heterocycles. The van der Waals surface area contributed by atoms with Crippen LogP contribution in [0.25, 0.3) is 0 Å². The molecule has 0 aromatic rings. The average Bonchev–Trinajstić information content (AvgIpc) is 2.55. The molecule has 0 aliphatic heterocycles. The van der Waals surface area contributed by atoms with Crippen molar-refractivity contribution in [2.45, 2.75) is 72.1 Å². The van der Waals surface area contributed by atoms with Gasteiger partial charge in [-0.1, -0.05) is 46.6 Å². The standard InChI is InChI=1S/C19H38O2P/c1-5-9-15-22(16-10-6-2,17-11-7-3)18-13-12-14-21-19(20)8-4/h8H,4-7,9-18H2,1-3H3/q+1. The van der Waals surface area contributed by atoms with Crippen LogP contribution in [0.15, 0.2) is 12.7 Å². The summed E-state index contributed by atoms with van der Waals surface area (Å²) < 4.78 is 5.10. The molecule has 0 aromatic carbocycles. The summed E-state index contributed by atoms with van der Waals surface area (Å²) in [4.78, 5) is 11.1. The monoisotopic (exact) mass is 329 g/mol. The normalized spacial score (nSPS) is 11.4. The molecule has 0 fully saturated rings. The summed E-state index contributed by atoms with van der Waals surface area (Å²) in [5, 5.41) is 0. The predicted molar refractivity (Wildman–Crippen MR) is 102 cm³/mol. The Hall–Kier alpha value is -0.360. The van der Waals surface area contributed by atoms with Crippen LogP contribution in [-0.4, -0.2) is 37.2 Å². The van der Waals surface area contributed by atoms with Gasteiger partial charge in [0.15, 0.2) is 0 Å². The summed E-state index contributed by atoms with van der Waals surface area (Å²) in [5.74, 6) is -0.288. The zero-order valence-electron chi connectivity index (χ0n) is 15.2. The van der Waals surface area contributed by atoms with E-state index in [0.29, 0.717) is 6.61 Å². The molecule has 0 rings (SSSR count). The number of hydrogen-bond donors (Lipinski definition) is 0. The molecular formula is C19H38O2P+. The van der Waals surface area contributed by atoms with E-state index in [-0.39, 0.29) is 5.97 Å². The van der Waals surface area contributed by atoms with Gasteiger partial charge in [-0.25, -0.2) is 4.79 Å². The first kappa shape index (κ1) is 21.6. The van der Waals surface area contributed by atoms with Crippen LogP contribution in [0.3, 0.4) is 0 Å². The van der Waals surface area contributed by atoms with E-state index in [2.05, 4.69) is 27.4 Å². The molecule has 3 heteroatoms. The summed E-state index contributed by atoms with van der Waals surface area (Å²) in [7, 11) is -0.777. The number of rotatable bonds is 15. The Morgan fingerprint density at radius 3 is 1.73 bits per heavy atom. The molecule has 0 unspecified atom stereocenters. The molecule has 0 aliphatic carbocycles. The van der Waals surface area contributed by atoms with Crippen molar-refractivity contribution in [1.29, 1.82) is 0 Å². The van der Waals surface area contributed by atoms with Gasteiger partial charge in [-0.15, -0.1) is 0 Å². The number of carbonyl (C=O) groups is 1. The van der Waals surface area contributed by atoms with Gasteiger partial charge in [0.25, 0.3) is 0 Å². The quantitative estimate of drug-likeness (QED) is 0.161. The molecule has 0 saturated carbocycles. The number of carbonyl (C=O) groups excluding carboxylic acids is 1. The summed E-state index contributed by atoms with van der Waals surface area (Å²) in [6.07, 6.45) is 17.5. The van der Waals surface area contributed by atoms with E-state index in [1.807, 2.05) is 0 Å². The minimum absolute atomic E-state index is 0.288. The van der Waals surface area contributed by atoms with Gasteiger partial charge in [-0.3, -0.25) is 0 Å². The number of esters is 1. The average molecular weight is 329 g/mol. The molecular weight excluding hydrogens is 291 g/mol. The SMILES string of the molecule is C=CC(=O)OCCCC[P+](CCCC)(CCCC)CCCC. The maximum Gasteiger partial charge on any atom is 0.330 e. The van der Waals surface area contributed by atoms with E-state index >= 15 is 0 Å². The van der Waals surface area contributed by atoms with Crippen molar-refractivity contribution in [1.82, 2.24) is 0 Å². The third-order valence-electron chi connectivity index (χ3n) is 4.40. The first-order valence-electron chi connectivity index (χ1n) is 9.28. The van der Waals surface area contributed by atoms with Crippen molar-refractivity contribution >= 4 is 13.2 Å². The fourth-order valence-corrected chi connectivity index (χ4v) is 8.13. The molecule has 0 N–H and O–H groups in total. The van der Waals surface area contributed by atoms with E-state index in [9.17, 15) is 4.79 Å². The van der Waals surface area contributed by atoms with E-state index in [1.54, 1.807) is 0 Å². The smallest absolute Gasteiger partial charge is 0.330 e. The highest BCUT2D eigenvalue weighted by molar-refractivity contribution is 7.75. The van der Waals surface area contributed by atoms with Crippen molar-refractivity contribution in [3.05, 3.63) is 12.7 Å². The Bertz CT molecular complexity index is 267. The number of hydrogen-bond acceptors (Lipinski definition) is 2. The van der Waals surface area contributed by atoms with Gasteiger partial charge >= 0.3 is 5.97 Å². The number of unbranched alkanes of at least 4 members (excludes halogenated alkanes) is 4. The summed E-state index contributed by atoms with van der Waals surface area (Å²) in [6, 6.07) is 0. The maximum atomic E-state index is 11.1. The molecule has 2 nitrogen and oxygen atoms in total. The van der Waals surface area contributed by atoms with E-state index in [4.69, 9.17) is 4.74 Å². The van der Waals surface area contributed by atoms with Gasteiger partial charge in [-0.05, 0) is 32.1 Å². The fraction of sp³-hybridized carbons (Fsp3) is 0.842. The zero-order valence-corrected chi connectivity index (χ0v) is 16.1. The lowest BCUT2D eigenvalue weighted by molar-refractivity contribution is -0.137. The molecule has 0 aromatic heterocycles. The molecule has 0 amide bonds. The van der Waals surface area contributed by atoms with Gasteiger partial charge in [0.05, 0.1) is 31.3 Å². The van der Waals surface area contributed by atoms with Crippen molar-refractivity contribution in [2.75, 3.05) is 31.3 Å². The highest BCUT2D eigenvalue weighted by Crippen LogP contribution is 2.61. The van der Waals surface area contributed by atoms with E-state index in [0.717, 1.165) is 6.42 Å². The van der Waals surface area contributed by atoms with Crippen LogP contribution in [0.2, 0.25) is 0 Å². The second-order valence-corrected chi connectivity index (χ2v) is 10.8. The Morgan fingerprint density at radius 1 is 0.864 bits per heavy atom. The van der Waals surface area contributed by atoms with Crippen LogP contribution < -0.4 is 0 Å². The third kappa shape index (κ3) is 10.4. The minimum Gasteiger partial charge on any atom is -0.463 e. The zero-order chi connectivity index (χ0) is 16.7. The minimum atomic E-state index is -0.777. The lowest BCUT2D eigenvalue weighted by Gasteiger charge is -2.28. The molecule has 0 heterocycles. The Balaban J connectivity index is 4.38. The van der Waals surface area contributed by atoms with Crippen molar-refractivity contribution < 1.29 is 9.53 Å². The topological polar surface area (TPSA) is 26.3 Å². The van der Waals surface area contributed by atoms with Crippen LogP contribution in [0.4, 0.5) is 0 Å². The first-order chi connectivity index (χ1) is 10.6. The maximum absolute atomic E-state index is 11.1. The van der Waals surface area contributed by atoms with E-state index < -0.39 is 7.26 Å². The van der Waals surface area contributed by atoms with Crippen LogP contribution in [0, 0.1) is 0 Å². The molecule has 0 atom stereocenters.